The van der Waals surface area contributed by atoms with E-state index in [1.165, 1.54) is 11.5 Å². The highest BCUT2D eigenvalue weighted by Crippen LogP contribution is 2.09. The maximum absolute atomic E-state index is 11.4. The minimum atomic E-state index is -0.111. The highest BCUT2D eigenvalue weighted by molar-refractivity contribution is 7.04. The van der Waals surface area contributed by atoms with Gasteiger partial charge in [0.2, 0.25) is 0 Å². The van der Waals surface area contributed by atoms with E-state index in [-0.39, 0.29) is 5.56 Å². The molecule has 0 saturated carbocycles. The van der Waals surface area contributed by atoms with Crippen molar-refractivity contribution in [1.82, 2.24) is 3.96 Å². The first kappa shape index (κ1) is 9.49. The lowest BCUT2D eigenvalue weighted by atomic mass is 10.2. The predicted octanol–water partition coefficient (Wildman–Crippen LogP) is 2.61. The third-order valence-electron chi connectivity index (χ3n) is 1.88. The largest absolute Gasteiger partial charge is 0.279 e. The molecule has 0 bridgehead atoms. The summed E-state index contributed by atoms with van der Waals surface area (Å²) < 4.78 is 1.64. The minimum Gasteiger partial charge on any atom is -0.267 e. The van der Waals surface area contributed by atoms with Crippen LogP contribution in [0.4, 0.5) is 0 Å². The number of aromatic nitrogens is 1. The summed E-state index contributed by atoms with van der Waals surface area (Å²) in [4.78, 5) is 11.4. The second kappa shape index (κ2) is 3.98. The average Bonchev–Trinajstić information content (AvgIpc) is 2.52. The molecule has 72 valence electrons. The maximum Gasteiger partial charge on any atom is 0.279 e. The molecule has 0 N–H and O–H groups in total. The number of hydrogen-bond donors (Lipinski definition) is 0. The molecule has 2 rings (SSSR count). The van der Waals surface area contributed by atoms with Gasteiger partial charge in [-0.05, 0) is 5.56 Å². The lowest BCUT2D eigenvalue weighted by Crippen LogP contribution is -2.13. The highest BCUT2D eigenvalue weighted by atomic mass is 35.5. The van der Waals surface area contributed by atoms with Gasteiger partial charge in [0, 0.05) is 5.38 Å². The van der Waals surface area contributed by atoms with Gasteiger partial charge in [-0.2, -0.15) is 0 Å². The van der Waals surface area contributed by atoms with E-state index in [1.54, 1.807) is 9.34 Å². The molecular formula is C10H8ClNOS. The van der Waals surface area contributed by atoms with Crippen molar-refractivity contribution in [1.29, 1.82) is 0 Å². The van der Waals surface area contributed by atoms with Gasteiger partial charge in [-0.3, -0.25) is 8.75 Å². The summed E-state index contributed by atoms with van der Waals surface area (Å²) in [5.74, 6) is 0. The Morgan fingerprint density at radius 2 is 2.00 bits per heavy atom. The normalized spacial score (nSPS) is 10.4. The van der Waals surface area contributed by atoms with E-state index in [4.69, 9.17) is 11.6 Å². The summed E-state index contributed by atoms with van der Waals surface area (Å²) in [6, 6.07) is 9.83. The molecule has 0 aliphatic heterocycles. The Morgan fingerprint density at radius 3 is 2.57 bits per heavy atom. The highest BCUT2D eigenvalue weighted by Gasteiger charge is 2.03. The van der Waals surface area contributed by atoms with Crippen LogP contribution in [0, 0.1) is 0 Å². The molecule has 4 heteroatoms. The van der Waals surface area contributed by atoms with Gasteiger partial charge in [0.05, 0.1) is 6.54 Å². The molecule has 2 aromatic rings. The Balaban J connectivity index is 2.28. The number of hydrogen-bond acceptors (Lipinski definition) is 2. The molecular weight excluding hydrogens is 218 g/mol. The van der Waals surface area contributed by atoms with E-state index < -0.39 is 0 Å². The molecule has 0 radical (unpaired) electrons. The third-order valence-corrected chi connectivity index (χ3v) is 3.17. The lowest BCUT2D eigenvalue weighted by Gasteiger charge is -1.99. The molecule has 0 unspecified atom stereocenters. The second-order valence-corrected chi connectivity index (χ2v) is 4.19. The van der Waals surface area contributed by atoms with Crippen molar-refractivity contribution in [2.45, 2.75) is 6.54 Å². The van der Waals surface area contributed by atoms with Gasteiger partial charge in [0.25, 0.3) is 5.56 Å². The molecule has 1 aromatic heterocycles. The van der Waals surface area contributed by atoms with Crippen LogP contribution in [0.5, 0.6) is 0 Å². The fraction of sp³-hybridized carbons (Fsp3) is 0.100. The van der Waals surface area contributed by atoms with Crippen LogP contribution in [0.25, 0.3) is 0 Å². The van der Waals surface area contributed by atoms with Crippen molar-refractivity contribution >= 4 is 23.1 Å². The van der Waals surface area contributed by atoms with Gasteiger partial charge in [0.15, 0.2) is 0 Å². The third kappa shape index (κ3) is 1.89. The summed E-state index contributed by atoms with van der Waals surface area (Å²) in [6.07, 6.45) is 0. The summed E-state index contributed by atoms with van der Waals surface area (Å²) >= 11 is 7.02. The zero-order valence-electron chi connectivity index (χ0n) is 7.31. The first-order valence-corrected chi connectivity index (χ1v) is 5.37. The molecule has 0 aliphatic carbocycles. The Labute approximate surface area is 90.5 Å². The molecule has 0 fully saturated rings. The zero-order chi connectivity index (χ0) is 9.97. The SMILES string of the molecule is O=c1c(Cl)csn1Cc1ccccc1. The number of nitrogens with zero attached hydrogens (tertiary/aromatic N) is 1. The van der Waals surface area contributed by atoms with E-state index in [0.717, 1.165) is 5.56 Å². The van der Waals surface area contributed by atoms with Crippen molar-refractivity contribution in [3.8, 4) is 0 Å². The van der Waals surface area contributed by atoms with Crippen LogP contribution in [-0.2, 0) is 6.54 Å². The lowest BCUT2D eigenvalue weighted by molar-refractivity contribution is 0.849. The Bertz CT molecular complexity index is 474. The number of benzene rings is 1. The molecule has 0 amide bonds. The second-order valence-electron chi connectivity index (χ2n) is 2.90. The molecule has 14 heavy (non-hydrogen) atoms. The first-order chi connectivity index (χ1) is 6.77. The molecule has 2 nitrogen and oxygen atoms in total. The Morgan fingerprint density at radius 1 is 1.29 bits per heavy atom. The van der Waals surface area contributed by atoms with E-state index in [2.05, 4.69) is 0 Å². The van der Waals surface area contributed by atoms with E-state index in [9.17, 15) is 4.79 Å². The average molecular weight is 226 g/mol. The van der Waals surface area contributed by atoms with Crippen LogP contribution in [-0.4, -0.2) is 3.96 Å². The predicted molar refractivity (Wildman–Crippen MR) is 59.1 cm³/mol. The quantitative estimate of drug-likeness (QED) is 0.770. The molecule has 0 saturated heterocycles. The van der Waals surface area contributed by atoms with Gasteiger partial charge in [-0.25, -0.2) is 0 Å². The summed E-state index contributed by atoms with van der Waals surface area (Å²) in [7, 11) is 0. The van der Waals surface area contributed by atoms with Crippen LogP contribution in [0.15, 0.2) is 40.5 Å². The van der Waals surface area contributed by atoms with Crippen molar-refractivity contribution in [3.63, 3.8) is 0 Å². The van der Waals surface area contributed by atoms with Gasteiger partial charge in [0.1, 0.15) is 5.02 Å². The van der Waals surface area contributed by atoms with Gasteiger partial charge in [-0.1, -0.05) is 53.5 Å². The van der Waals surface area contributed by atoms with Crippen LogP contribution < -0.4 is 5.56 Å². The molecule has 1 heterocycles. The van der Waals surface area contributed by atoms with Gasteiger partial charge < -0.3 is 0 Å². The molecule has 0 aliphatic rings. The zero-order valence-corrected chi connectivity index (χ0v) is 8.89. The molecule has 1 aromatic carbocycles. The van der Waals surface area contributed by atoms with Crippen molar-refractivity contribution in [3.05, 3.63) is 56.7 Å². The van der Waals surface area contributed by atoms with Gasteiger partial charge >= 0.3 is 0 Å². The van der Waals surface area contributed by atoms with Crippen molar-refractivity contribution in [2.75, 3.05) is 0 Å². The standard InChI is InChI=1S/C10H8ClNOS/c11-9-7-14-12(10(9)13)6-8-4-2-1-3-5-8/h1-5,7H,6H2. The van der Waals surface area contributed by atoms with Crippen LogP contribution in [0.2, 0.25) is 5.02 Å². The fourth-order valence-electron chi connectivity index (χ4n) is 1.19. The number of rotatable bonds is 2. The van der Waals surface area contributed by atoms with Crippen LogP contribution in [0.1, 0.15) is 5.56 Å². The van der Waals surface area contributed by atoms with E-state index in [1.807, 2.05) is 30.3 Å². The van der Waals surface area contributed by atoms with E-state index in [0.29, 0.717) is 11.6 Å². The van der Waals surface area contributed by atoms with Crippen LogP contribution >= 0.6 is 23.1 Å². The smallest absolute Gasteiger partial charge is 0.267 e. The van der Waals surface area contributed by atoms with Crippen LogP contribution in [0.3, 0.4) is 0 Å². The van der Waals surface area contributed by atoms with E-state index >= 15 is 0 Å². The van der Waals surface area contributed by atoms with Gasteiger partial charge in [-0.15, -0.1) is 0 Å². The molecule has 0 atom stereocenters. The maximum atomic E-state index is 11.4. The van der Waals surface area contributed by atoms with Crippen molar-refractivity contribution in [2.24, 2.45) is 0 Å². The summed E-state index contributed by atoms with van der Waals surface area (Å²) in [6.45, 7) is 0.594. The Kier molecular flexibility index (Phi) is 2.70. The fourth-order valence-corrected chi connectivity index (χ4v) is 2.20. The summed E-state index contributed by atoms with van der Waals surface area (Å²) in [5, 5.41) is 1.96. The minimum absolute atomic E-state index is 0.111. The topological polar surface area (TPSA) is 22.0 Å². The molecule has 0 spiro atoms. The first-order valence-electron chi connectivity index (χ1n) is 4.15. The number of halogens is 1. The summed E-state index contributed by atoms with van der Waals surface area (Å²) in [5.41, 5.74) is 0.994. The Hall–Kier alpha value is -1.06. The monoisotopic (exact) mass is 225 g/mol. The van der Waals surface area contributed by atoms with Crippen molar-refractivity contribution < 1.29 is 0 Å².